The molecule has 0 amide bonds. The van der Waals surface area contributed by atoms with Crippen molar-refractivity contribution in [3.05, 3.63) is 12.3 Å². The van der Waals surface area contributed by atoms with Crippen LogP contribution in [0.1, 0.15) is 27.2 Å². The molecule has 0 aromatic rings. The molecule has 0 saturated heterocycles. The summed E-state index contributed by atoms with van der Waals surface area (Å²) in [7, 11) is 0. The van der Waals surface area contributed by atoms with Gasteiger partial charge in [0.2, 0.25) is 0 Å². The highest BCUT2D eigenvalue weighted by Crippen LogP contribution is 1.98. The van der Waals surface area contributed by atoms with E-state index in [4.69, 9.17) is 5.73 Å². The highest BCUT2D eigenvalue weighted by Gasteiger charge is 1.98. The van der Waals surface area contributed by atoms with Gasteiger partial charge in [-0.3, -0.25) is 4.99 Å². The minimum Gasteiger partial charge on any atom is -0.405 e. The molecule has 2 N–H and O–H groups in total. The molecule has 0 unspecified atom stereocenters. The summed E-state index contributed by atoms with van der Waals surface area (Å²) in [5.41, 5.74) is 6.37. The lowest BCUT2D eigenvalue weighted by Gasteiger charge is -2.03. The Hall–Kier alpha value is -0.790. The predicted octanol–water partition coefficient (Wildman–Crippen LogP) is 1.97. The van der Waals surface area contributed by atoms with Crippen molar-refractivity contribution in [3.63, 3.8) is 0 Å². The standard InChI is InChI=1S/C9H18N2/c1-4-7-11-9(5-6-10)8(2)3/h5-6,8H,4,7,10H2,1-3H3/b6-5-,11-9?. The molecule has 0 spiro atoms. The van der Waals surface area contributed by atoms with Gasteiger partial charge in [0.05, 0.1) is 0 Å². The number of allylic oxidation sites excluding steroid dienone is 1. The van der Waals surface area contributed by atoms with Gasteiger partial charge in [0.15, 0.2) is 0 Å². The third kappa shape index (κ3) is 4.59. The number of nitrogens with two attached hydrogens (primary N) is 1. The molecular weight excluding hydrogens is 136 g/mol. The molecule has 0 radical (unpaired) electrons. The minimum absolute atomic E-state index is 0.473. The van der Waals surface area contributed by atoms with Crippen molar-refractivity contribution >= 4 is 5.71 Å². The Labute approximate surface area is 69.2 Å². The summed E-state index contributed by atoms with van der Waals surface area (Å²) in [6.45, 7) is 7.26. The van der Waals surface area contributed by atoms with Gasteiger partial charge in [-0.1, -0.05) is 20.8 Å². The first-order valence-corrected chi connectivity index (χ1v) is 4.15. The molecule has 0 fully saturated rings. The maximum absolute atomic E-state index is 5.28. The van der Waals surface area contributed by atoms with Crippen LogP contribution in [0.15, 0.2) is 17.3 Å². The van der Waals surface area contributed by atoms with E-state index in [1.165, 1.54) is 0 Å². The molecule has 0 heterocycles. The highest BCUT2D eigenvalue weighted by atomic mass is 14.7. The first-order chi connectivity index (χ1) is 5.22. The quantitative estimate of drug-likeness (QED) is 0.618. The summed E-state index contributed by atoms with van der Waals surface area (Å²) in [5.74, 6) is 0.473. The first kappa shape index (κ1) is 10.2. The summed E-state index contributed by atoms with van der Waals surface area (Å²) in [6, 6.07) is 0. The highest BCUT2D eigenvalue weighted by molar-refractivity contribution is 5.96. The van der Waals surface area contributed by atoms with Crippen LogP contribution in [0, 0.1) is 5.92 Å². The van der Waals surface area contributed by atoms with Crippen molar-refractivity contribution in [3.8, 4) is 0 Å². The van der Waals surface area contributed by atoms with E-state index in [1.807, 2.05) is 6.08 Å². The van der Waals surface area contributed by atoms with E-state index in [9.17, 15) is 0 Å². The molecule has 0 bridgehead atoms. The normalized spacial score (nSPS) is 13.3. The number of hydrogen-bond donors (Lipinski definition) is 1. The van der Waals surface area contributed by atoms with Crippen molar-refractivity contribution in [1.29, 1.82) is 0 Å². The molecule has 0 aliphatic rings. The van der Waals surface area contributed by atoms with E-state index in [1.54, 1.807) is 6.20 Å². The zero-order chi connectivity index (χ0) is 8.69. The van der Waals surface area contributed by atoms with Crippen LogP contribution >= 0.6 is 0 Å². The van der Waals surface area contributed by atoms with Gasteiger partial charge in [-0.05, 0) is 24.6 Å². The van der Waals surface area contributed by atoms with Gasteiger partial charge >= 0.3 is 0 Å². The SMILES string of the molecule is CCCN=C(/C=C\N)C(C)C. The van der Waals surface area contributed by atoms with Crippen molar-refractivity contribution < 1.29 is 0 Å². The number of rotatable bonds is 4. The van der Waals surface area contributed by atoms with Crippen LogP contribution in [0.3, 0.4) is 0 Å². The topological polar surface area (TPSA) is 38.4 Å². The Morgan fingerprint density at radius 1 is 1.55 bits per heavy atom. The van der Waals surface area contributed by atoms with E-state index in [2.05, 4.69) is 25.8 Å². The molecule has 64 valence electrons. The molecule has 0 aliphatic carbocycles. The third-order valence-electron chi connectivity index (χ3n) is 1.38. The number of aliphatic imine (C=N–C) groups is 1. The van der Waals surface area contributed by atoms with Gasteiger partial charge < -0.3 is 5.73 Å². The zero-order valence-electron chi connectivity index (χ0n) is 7.67. The van der Waals surface area contributed by atoms with E-state index >= 15 is 0 Å². The molecular formula is C9H18N2. The van der Waals surface area contributed by atoms with Gasteiger partial charge in [-0.25, -0.2) is 0 Å². The van der Waals surface area contributed by atoms with Crippen LogP contribution < -0.4 is 5.73 Å². The zero-order valence-corrected chi connectivity index (χ0v) is 7.67. The summed E-state index contributed by atoms with van der Waals surface area (Å²) >= 11 is 0. The smallest absolute Gasteiger partial charge is 0.0390 e. The Morgan fingerprint density at radius 2 is 2.18 bits per heavy atom. The molecule has 0 aromatic heterocycles. The van der Waals surface area contributed by atoms with E-state index in [0.29, 0.717) is 5.92 Å². The van der Waals surface area contributed by atoms with Crippen LogP contribution in [0.5, 0.6) is 0 Å². The molecule has 11 heavy (non-hydrogen) atoms. The Kier molecular flexibility index (Phi) is 5.53. The predicted molar refractivity (Wildman–Crippen MR) is 50.8 cm³/mol. The van der Waals surface area contributed by atoms with Gasteiger partial charge in [0.1, 0.15) is 0 Å². The van der Waals surface area contributed by atoms with Crippen molar-refractivity contribution in [2.75, 3.05) is 6.54 Å². The first-order valence-electron chi connectivity index (χ1n) is 4.15. The average Bonchev–Trinajstić information content (AvgIpc) is 1.97. The van der Waals surface area contributed by atoms with E-state index < -0.39 is 0 Å². The average molecular weight is 154 g/mol. The maximum atomic E-state index is 5.28. The Balaban J connectivity index is 4.08. The molecule has 0 rings (SSSR count). The van der Waals surface area contributed by atoms with Gasteiger partial charge in [-0.15, -0.1) is 0 Å². The summed E-state index contributed by atoms with van der Waals surface area (Å²) < 4.78 is 0. The fourth-order valence-corrected chi connectivity index (χ4v) is 0.767. The minimum atomic E-state index is 0.473. The van der Waals surface area contributed by atoms with Crippen molar-refractivity contribution in [2.45, 2.75) is 27.2 Å². The summed E-state index contributed by atoms with van der Waals surface area (Å²) in [4.78, 5) is 4.38. The van der Waals surface area contributed by atoms with Gasteiger partial charge in [0.25, 0.3) is 0 Å². The fourth-order valence-electron chi connectivity index (χ4n) is 0.767. The van der Waals surface area contributed by atoms with Gasteiger partial charge in [-0.2, -0.15) is 0 Å². The summed E-state index contributed by atoms with van der Waals surface area (Å²) in [5, 5.41) is 0. The fraction of sp³-hybridized carbons (Fsp3) is 0.667. The van der Waals surface area contributed by atoms with Crippen molar-refractivity contribution in [2.24, 2.45) is 16.6 Å². The largest absolute Gasteiger partial charge is 0.405 e. The maximum Gasteiger partial charge on any atom is 0.0390 e. The monoisotopic (exact) mass is 154 g/mol. The molecule has 0 atom stereocenters. The van der Waals surface area contributed by atoms with Crippen LogP contribution in [-0.2, 0) is 0 Å². The van der Waals surface area contributed by atoms with Crippen LogP contribution in [0.2, 0.25) is 0 Å². The lowest BCUT2D eigenvalue weighted by molar-refractivity contribution is 0.856. The molecule has 2 heteroatoms. The van der Waals surface area contributed by atoms with Crippen molar-refractivity contribution in [1.82, 2.24) is 0 Å². The third-order valence-corrected chi connectivity index (χ3v) is 1.38. The molecule has 0 saturated carbocycles. The second-order valence-corrected chi connectivity index (χ2v) is 2.82. The Morgan fingerprint density at radius 3 is 2.55 bits per heavy atom. The van der Waals surface area contributed by atoms with Crippen LogP contribution in [-0.4, -0.2) is 12.3 Å². The van der Waals surface area contributed by atoms with Gasteiger partial charge in [0, 0.05) is 12.3 Å². The van der Waals surface area contributed by atoms with E-state index in [0.717, 1.165) is 18.7 Å². The molecule has 0 aromatic carbocycles. The van der Waals surface area contributed by atoms with E-state index in [-0.39, 0.29) is 0 Å². The number of nitrogens with zero attached hydrogens (tertiary/aromatic N) is 1. The molecule has 2 nitrogen and oxygen atoms in total. The second kappa shape index (κ2) is 5.96. The number of hydrogen-bond acceptors (Lipinski definition) is 2. The lowest BCUT2D eigenvalue weighted by atomic mass is 10.1. The summed E-state index contributed by atoms with van der Waals surface area (Å²) in [6.07, 6.45) is 4.52. The van der Waals surface area contributed by atoms with Crippen LogP contribution in [0.25, 0.3) is 0 Å². The Bertz CT molecular complexity index is 146. The second-order valence-electron chi connectivity index (χ2n) is 2.82. The van der Waals surface area contributed by atoms with Crippen LogP contribution in [0.4, 0.5) is 0 Å². The lowest BCUT2D eigenvalue weighted by Crippen LogP contribution is -2.05. The molecule has 0 aliphatic heterocycles.